The maximum atomic E-state index is 12.8. The van der Waals surface area contributed by atoms with Crippen LogP contribution in [0, 0.1) is 10.1 Å². The molecule has 0 aliphatic heterocycles. The highest BCUT2D eigenvalue weighted by Gasteiger charge is 2.33. The van der Waals surface area contributed by atoms with E-state index in [4.69, 9.17) is 0 Å². The molecule has 0 aliphatic rings. The fourth-order valence-electron chi connectivity index (χ4n) is 3.17. The van der Waals surface area contributed by atoms with Gasteiger partial charge in [-0.15, -0.1) is 0 Å². The van der Waals surface area contributed by atoms with Crippen molar-refractivity contribution in [3.63, 3.8) is 0 Å². The van der Waals surface area contributed by atoms with Gasteiger partial charge in [-0.2, -0.15) is 13.2 Å². The number of aromatic nitrogens is 2. The molecule has 9 nitrogen and oxygen atoms in total. The number of amides is 1. The molecule has 1 aromatic heterocycles. The zero-order valence-corrected chi connectivity index (χ0v) is 16.3. The Bertz CT molecular complexity index is 1200. The van der Waals surface area contributed by atoms with Crippen LogP contribution in [-0.4, -0.2) is 20.0 Å². The molecule has 1 amide bonds. The van der Waals surface area contributed by atoms with Crippen molar-refractivity contribution in [3.8, 4) is 0 Å². The summed E-state index contributed by atoms with van der Waals surface area (Å²) in [7, 11) is 0. The Morgan fingerprint density at radius 3 is 2.35 bits per heavy atom. The molecule has 3 aromatic rings. The standard InChI is InChI=1S/C19H18F3N5O4/c1-2-25-14-5-3-4-6-15(14)26(18(25)29)10-9-17(28)24-23-13-8-7-12(19(20,21)22)11-16(13)27(30)31/h3-8,11,23H,2,9-10H2,1H3,(H,24,28). The number of para-hydroxylation sites is 2. The Morgan fingerprint density at radius 1 is 1.13 bits per heavy atom. The first-order valence-electron chi connectivity index (χ1n) is 9.22. The molecule has 0 spiro atoms. The monoisotopic (exact) mass is 437 g/mol. The van der Waals surface area contributed by atoms with Gasteiger partial charge in [-0.3, -0.25) is 34.9 Å². The lowest BCUT2D eigenvalue weighted by Crippen LogP contribution is -2.32. The minimum absolute atomic E-state index is 0.0506. The van der Waals surface area contributed by atoms with Gasteiger partial charge in [0, 0.05) is 25.6 Å². The van der Waals surface area contributed by atoms with Crippen LogP contribution in [0.1, 0.15) is 18.9 Å². The van der Waals surface area contributed by atoms with Gasteiger partial charge >= 0.3 is 11.9 Å². The summed E-state index contributed by atoms with van der Waals surface area (Å²) in [6.45, 7) is 2.33. The van der Waals surface area contributed by atoms with E-state index in [1.807, 2.05) is 6.92 Å². The van der Waals surface area contributed by atoms with Crippen LogP contribution in [0.2, 0.25) is 0 Å². The summed E-state index contributed by atoms with van der Waals surface area (Å²) in [5, 5.41) is 11.1. The fraction of sp³-hybridized carbons (Fsp3) is 0.263. The molecule has 0 saturated heterocycles. The number of hydrogen-bond donors (Lipinski definition) is 2. The number of imidazole rings is 1. The molecular weight excluding hydrogens is 419 g/mol. The van der Waals surface area contributed by atoms with E-state index < -0.39 is 28.3 Å². The molecule has 0 saturated carbocycles. The van der Waals surface area contributed by atoms with Gasteiger partial charge in [-0.1, -0.05) is 12.1 Å². The normalized spacial score (nSPS) is 11.5. The number of fused-ring (bicyclic) bond motifs is 1. The predicted octanol–water partition coefficient (Wildman–Crippen LogP) is 3.28. The number of nitro groups is 1. The first-order chi connectivity index (χ1) is 14.6. The Kier molecular flexibility index (Phi) is 5.99. The van der Waals surface area contributed by atoms with E-state index in [0.717, 1.165) is 11.6 Å². The number of carbonyl (C=O) groups excluding carboxylic acids is 1. The molecule has 0 fully saturated rings. The lowest BCUT2D eigenvalue weighted by atomic mass is 10.1. The van der Waals surface area contributed by atoms with Crippen LogP contribution in [0.25, 0.3) is 11.0 Å². The highest BCUT2D eigenvalue weighted by Crippen LogP contribution is 2.34. The van der Waals surface area contributed by atoms with Gasteiger partial charge in [0.25, 0.3) is 5.69 Å². The van der Waals surface area contributed by atoms with Crippen molar-refractivity contribution in [2.24, 2.45) is 0 Å². The number of aryl methyl sites for hydroxylation is 2. The van der Waals surface area contributed by atoms with E-state index in [2.05, 4.69) is 10.9 Å². The maximum absolute atomic E-state index is 12.8. The Labute approximate surface area is 173 Å². The zero-order valence-electron chi connectivity index (χ0n) is 16.3. The second kappa shape index (κ2) is 8.50. The van der Waals surface area contributed by atoms with Crippen LogP contribution in [0.5, 0.6) is 0 Å². The van der Waals surface area contributed by atoms with Gasteiger partial charge in [0.05, 0.1) is 21.5 Å². The van der Waals surface area contributed by atoms with Gasteiger partial charge < -0.3 is 0 Å². The maximum Gasteiger partial charge on any atom is 0.416 e. The molecule has 0 unspecified atom stereocenters. The number of hydrazine groups is 1. The summed E-state index contributed by atoms with van der Waals surface area (Å²) in [5.74, 6) is -0.602. The van der Waals surface area contributed by atoms with Crippen molar-refractivity contribution in [2.75, 3.05) is 5.43 Å². The van der Waals surface area contributed by atoms with Crippen molar-refractivity contribution in [1.29, 1.82) is 0 Å². The van der Waals surface area contributed by atoms with E-state index in [-0.39, 0.29) is 24.3 Å². The van der Waals surface area contributed by atoms with E-state index in [1.54, 1.807) is 28.8 Å². The lowest BCUT2D eigenvalue weighted by Gasteiger charge is -2.11. The van der Waals surface area contributed by atoms with Gasteiger partial charge in [0.2, 0.25) is 5.91 Å². The molecule has 3 rings (SSSR count). The quantitative estimate of drug-likeness (QED) is 0.435. The highest BCUT2D eigenvalue weighted by molar-refractivity contribution is 5.79. The Hall–Kier alpha value is -3.83. The Morgan fingerprint density at radius 2 is 1.77 bits per heavy atom. The van der Waals surface area contributed by atoms with Gasteiger partial charge in [0.15, 0.2) is 0 Å². The molecule has 0 radical (unpaired) electrons. The number of nitro benzene ring substituents is 1. The number of benzene rings is 2. The first kappa shape index (κ1) is 21.9. The molecule has 0 aliphatic carbocycles. The van der Waals surface area contributed by atoms with Crippen LogP contribution in [0.15, 0.2) is 47.3 Å². The van der Waals surface area contributed by atoms with Crippen LogP contribution < -0.4 is 16.5 Å². The number of anilines is 1. The number of carbonyl (C=O) groups is 1. The summed E-state index contributed by atoms with van der Waals surface area (Å²) in [5.41, 5.74) is 3.29. The number of hydrogen-bond acceptors (Lipinski definition) is 5. The van der Waals surface area contributed by atoms with Gasteiger partial charge in [-0.25, -0.2) is 4.79 Å². The van der Waals surface area contributed by atoms with Crippen molar-refractivity contribution in [1.82, 2.24) is 14.6 Å². The third-order valence-corrected chi connectivity index (χ3v) is 4.66. The number of halogens is 3. The van der Waals surface area contributed by atoms with E-state index in [9.17, 15) is 32.9 Å². The fourth-order valence-corrected chi connectivity index (χ4v) is 3.17. The van der Waals surface area contributed by atoms with Crippen molar-refractivity contribution < 1.29 is 22.9 Å². The average Bonchev–Trinajstić information content (AvgIpc) is 3.00. The van der Waals surface area contributed by atoms with Crippen molar-refractivity contribution in [2.45, 2.75) is 32.6 Å². The highest BCUT2D eigenvalue weighted by atomic mass is 19.4. The number of nitrogens with zero attached hydrogens (tertiary/aromatic N) is 3. The third kappa shape index (κ3) is 4.52. The number of rotatable bonds is 7. The number of nitrogens with one attached hydrogen (secondary N) is 2. The van der Waals surface area contributed by atoms with E-state index >= 15 is 0 Å². The van der Waals surface area contributed by atoms with Crippen LogP contribution in [-0.2, 0) is 24.1 Å². The zero-order chi connectivity index (χ0) is 22.8. The summed E-state index contributed by atoms with van der Waals surface area (Å²) >= 11 is 0. The molecular formula is C19H18F3N5O4. The van der Waals surface area contributed by atoms with Crippen molar-refractivity contribution >= 4 is 28.3 Å². The van der Waals surface area contributed by atoms with E-state index in [0.29, 0.717) is 24.2 Å². The molecule has 2 N–H and O–H groups in total. The number of alkyl halides is 3. The van der Waals surface area contributed by atoms with E-state index in [1.165, 1.54) is 4.57 Å². The molecule has 12 heteroatoms. The average molecular weight is 437 g/mol. The Balaban J connectivity index is 1.71. The van der Waals surface area contributed by atoms with Crippen LogP contribution in [0.4, 0.5) is 24.5 Å². The SMILES string of the molecule is CCn1c(=O)n(CCC(=O)NNc2ccc(C(F)(F)F)cc2[N+](=O)[O-])c2ccccc21. The smallest absolute Gasteiger partial charge is 0.292 e. The summed E-state index contributed by atoms with van der Waals surface area (Å²) < 4.78 is 41.3. The minimum Gasteiger partial charge on any atom is -0.292 e. The predicted molar refractivity (Wildman–Crippen MR) is 106 cm³/mol. The molecule has 0 bridgehead atoms. The summed E-state index contributed by atoms with van der Waals surface area (Å²) in [4.78, 5) is 34.8. The first-order valence-corrected chi connectivity index (χ1v) is 9.22. The summed E-state index contributed by atoms with van der Waals surface area (Å²) in [6.07, 6.45) is -4.88. The second-order valence-electron chi connectivity index (χ2n) is 6.58. The topological polar surface area (TPSA) is 111 Å². The molecule has 1 heterocycles. The summed E-state index contributed by atoms with van der Waals surface area (Å²) in [6, 6.07) is 9.02. The molecule has 0 atom stereocenters. The lowest BCUT2D eigenvalue weighted by molar-refractivity contribution is -0.384. The molecule has 31 heavy (non-hydrogen) atoms. The third-order valence-electron chi connectivity index (χ3n) is 4.66. The second-order valence-corrected chi connectivity index (χ2v) is 6.58. The van der Waals surface area contributed by atoms with Gasteiger partial charge in [-0.05, 0) is 31.2 Å². The molecule has 2 aromatic carbocycles. The van der Waals surface area contributed by atoms with Gasteiger partial charge in [0.1, 0.15) is 5.69 Å². The largest absolute Gasteiger partial charge is 0.416 e. The van der Waals surface area contributed by atoms with Crippen molar-refractivity contribution in [3.05, 3.63) is 68.6 Å². The minimum atomic E-state index is -4.74. The van der Waals surface area contributed by atoms with Crippen LogP contribution >= 0.6 is 0 Å². The van der Waals surface area contributed by atoms with Crippen LogP contribution in [0.3, 0.4) is 0 Å². The molecule has 164 valence electrons.